The van der Waals surface area contributed by atoms with Gasteiger partial charge in [0.05, 0.1) is 51.8 Å². The highest BCUT2D eigenvalue weighted by Crippen LogP contribution is 2.39. The van der Waals surface area contributed by atoms with Crippen molar-refractivity contribution in [3.63, 3.8) is 0 Å². The van der Waals surface area contributed by atoms with E-state index in [1.165, 1.54) is 0 Å². The van der Waals surface area contributed by atoms with E-state index in [0.717, 1.165) is 6.42 Å². The molecule has 12 nitrogen and oxygen atoms in total. The third kappa shape index (κ3) is 5.70. The molecule has 14 heteroatoms. The molecule has 4 radical (unpaired) electrons. The van der Waals surface area contributed by atoms with E-state index in [4.69, 9.17) is 63.8 Å². The van der Waals surface area contributed by atoms with Crippen molar-refractivity contribution in [2.24, 2.45) is 5.92 Å². The summed E-state index contributed by atoms with van der Waals surface area (Å²) in [6.07, 6.45) is -1.16. The highest BCUT2D eigenvalue weighted by molar-refractivity contribution is 6.12. The second-order valence-corrected chi connectivity index (χ2v) is 10.5. The molecule has 5 aliphatic heterocycles. The first-order valence-corrected chi connectivity index (χ1v) is 12.9. The zero-order chi connectivity index (χ0) is 28.3. The van der Waals surface area contributed by atoms with Crippen molar-refractivity contribution in [3.05, 3.63) is 0 Å². The Balaban J connectivity index is 0.000000160. The predicted octanol–water partition coefficient (Wildman–Crippen LogP) is -2.52. The van der Waals surface area contributed by atoms with Gasteiger partial charge in [0.2, 0.25) is 0 Å². The fourth-order valence-electron chi connectivity index (χ4n) is 5.91. The van der Waals surface area contributed by atoms with Crippen LogP contribution < -0.4 is 0 Å². The number of aliphatic hydroxyl groups excluding tert-OH is 4. The monoisotopic (exact) mass is 544 g/mol. The van der Waals surface area contributed by atoms with Crippen LogP contribution >= 0.6 is 0 Å². The van der Waals surface area contributed by atoms with Gasteiger partial charge in [0, 0.05) is 39.3 Å². The van der Waals surface area contributed by atoms with Crippen LogP contribution in [0.5, 0.6) is 0 Å². The second-order valence-electron chi connectivity index (χ2n) is 10.5. The van der Waals surface area contributed by atoms with Crippen molar-refractivity contribution in [1.82, 2.24) is 0 Å². The van der Waals surface area contributed by atoms with Gasteiger partial charge in [-0.2, -0.15) is 0 Å². The Morgan fingerprint density at radius 3 is 1.95 bits per heavy atom. The molecular weight excluding hydrogens is 502 g/mol. The van der Waals surface area contributed by atoms with Crippen LogP contribution in [0.25, 0.3) is 0 Å². The Hall–Kier alpha value is -0.350. The molecule has 5 rings (SSSR count). The van der Waals surface area contributed by atoms with Crippen LogP contribution in [0.3, 0.4) is 0 Å². The summed E-state index contributed by atoms with van der Waals surface area (Å²) in [5.74, 6) is -0.203. The molecule has 5 fully saturated rings. The van der Waals surface area contributed by atoms with Gasteiger partial charge < -0.3 is 58.3 Å². The maximum atomic E-state index is 9.68. The maximum Gasteiger partial charge on any atom is 0.142 e. The van der Waals surface area contributed by atoms with Crippen LogP contribution in [-0.4, -0.2) is 163 Å². The minimum atomic E-state index is -0.970. The van der Waals surface area contributed by atoms with E-state index < -0.39 is 41.5 Å². The van der Waals surface area contributed by atoms with Crippen LogP contribution in [0.1, 0.15) is 20.3 Å². The summed E-state index contributed by atoms with van der Waals surface area (Å²) in [7, 11) is 16.1. The van der Waals surface area contributed by atoms with E-state index in [9.17, 15) is 10.2 Å². The van der Waals surface area contributed by atoms with Crippen LogP contribution in [0.4, 0.5) is 0 Å². The predicted molar refractivity (Wildman–Crippen MR) is 134 cm³/mol. The first-order valence-electron chi connectivity index (χ1n) is 12.9. The Labute approximate surface area is 227 Å². The largest absolute Gasteiger partial charge is 0.393 e. The first kappa shape index (κ1) is 32.2. The average molecular weight is 544 g/mol. The fourth-order valence-corrected chi connectivity index (χ4v) is 5.91. The number of ether oxygens (including phenoxy) is 8. The SMILES string of the molecule is CC[C@]1(COC)O[C@@H](C)[C@H](OC)[C@@H]1OC.[B][C@@H]1O[C@@]2(CO)COC[C@H]1C2O.[B][C@@H]1O[C@@]2(CO)CO[C@H]1C2O. The number of aliphatic hydroxyl groups is 4. The number of hydrogen-bond donors (Lipinski definition) is 4. The molecule has 5 aliphatic rings. The molecule has 0 aliphatic carbocycles. The van der Waals surface area contributed by atoms with Gasteiger partial charge in [-0.25, -0.2) is 0 Å². The second kappa shape index (κ2) is 13.1. The van der Waals surface area contributed by atoms with Crippen LogP contribution in [-0.2, 0) is 37.9 Å². The minimum Gasteiger partial charge on any atom is -0.393 e. The summed E-state index contributed by atoms with van der Waals surface area (Å²) < 4.78 is 42.9. The van der Waals surface area contributed by atoms with E-state index in [1.807, 2.05) is 6.92 Å². The summed E-state index contributed by atoms with van der Waals surface area (Å²) in [5.41, 5.74) is -2.30. The van der Waals surface area contributed by atoms with E-state index in [1.54, 1.807) is 21.3 Å². The zero-order valence-corrected chi connectivity index (χ0v) is 22.9. The van der Waals surface area contributed by atoms with Crippen molar-refractivity contribution >= 4 is 15.7 Å². The van der Waals surface area contributed by atoms with E-state index in [0.29, 0.717) is 13.2 Å². The van der Waals surface area contributed by atoms with Gasteiger partial charge in [0.15, 0.2) is 0 Å². The summed E-state index contributed by atoms with van der Waals surface area (Å²) >= 11 is 0. The van der Waals surface area contributed by atoms with Crippen LogP contribution in [0.2, 0.25) is 0 Å². The van der Waals surface area contributed by atoms with Gasteiger partial charge in [-0.3, -0.25) is 0 Å². The molecular formula is C24H42B2O12. The molecule has 5 heterocycles. The molecule has 38 heavy (non-hydrogen) atoms. The van der Waals surface area contributed by atoms with Gasteiger partial charge in [-0.15, -0.1) is 0 Å². The summed E-state index contributed by atoms with van der Waals surface area (Å²) in [6.45, 7) is 4.97. The highest BCUT2D eigenvalue weighted by atomic mass is 16.6. The molecule has 5 saturated heterocycles. The van der Waals surface area contributed by atoms with Crippen molar-refractivity contribution in [2.45, 2.75) is 85.7 Å². The summed E-state index contributed by atoms with van der Waals surface area (Å²) in [4.78, 5) is 0. The van der Waals surface area contributed by atoms with Crippen LogP contribution in [0.15, 0.2) is 0 Å². The lowest BCUT2D eigenvalue weighted by Gasteiger charge is -2.34. The smallest absolute Gasteiger partial charge is 0.142 e. The highest BCUT2D eigenvalue weighted by Gasteiger charge is 2.59. The molecule has 216 valence electrons. The molecule has 0 aromatic heterocycles. The molecule has 12 atom stereocenters. The standard InChI is InChI=1S/C11H22O4.C7H11BO4.C6H9BO4/c1-6-11(7-12-3)10(14-5)9(13-4)8(2)15-11;8-6-4-1-11-3-7(2-9,12-6)5(4)10;7-5-3-4(9)6(1-8,11-5)2-10-3/h8-10H,6-7H2,1-5H3;4-6,9-10H,1-3H2;3-5,8-9H,1-2H2/t8-,9-,10-,11+;4-,5?,6+,7-;3-,4?,5+,6-/m000/s1. The van der Waals surface area contributed by atoms with E-state index >= 15 is 0 Å². The topological polar surface area (TPSA) is 155 Å². The third-order valence-electron chi connectivity index (χ3n) is 8.21. The van der Waals surface area contributed by atoms with Crippen molar-refractivity contribution < 1.29 is 58.3 Å². The molecule has 4 N–H and O–H groups in total. The van der Waals surface area contributed by atoms with Gasteiger partial charge in [-0.05, 0) is 13.3 Å². The lowest BCUT2D eigenvalue weighted by Crippen LogP contribution is -2.52. The van der Waals surface area contributed by atoms with Gasteiger partial charge in [-0.1, -0.05) is 6.92 Å². The first-order chi connectivity index (χ1) is 18.0. The third-order valence-corrected chi connectivity index (χ3v) is 8.21. The number of methoxy groups -OCH3 is 3. The van der Waals surface area contributed by atoms with Crippen LogP contribution in [0, 0.1) is 5.92 Å². The number of hydrogen-bond acceptors (Lipinski definition) is 12. The van der Waals surface area contributed by atoms with E-state index in [-0.39, 0.29) is 56.3 Å². The lowest BCUT2D eigenvalue weighted by molar-refractivity contribution is -0.153. The number of fused-ring (bicyclic) bond motifs is 4. The Kier molecular flexibility index (Phi) is 11.1. The summed E-state index contributed by atoms with van der Waals surface area (Å²) in [5, 5.41) is 37.1. The maximum absolute atomic E-state index is 9.68. The van der Waals surface area contributed by atoms with Gasteiger partial charge in [0.1, 0.15) is 56.9 Å². The normalized spacial score (nSPS) is 48.8. The van der Waals surface area contributed by atoms with Gasteiger partial charge in [0.25, 0.3) is 0 Å². The number of rotatable bonds is 7. The van der Waals surface area contributed by atoms with Crippen molar-refractivity contribution in [3.8, 4) is 0 Å². The Morgan fingerprint density at radius 1 is 0.895 bits per heavy atom. The van der Waals surface area contributed by atoms with Gasteiger partial charge >= 0.3 is 0 Å². The molecule has 0 aromatic carbocycles. The summed E-state index contributed by atoms with van der Waals surface area (Å²) in [6, 6.07) is -1.12. The quantitative estimate of drug-likeness (QED) is 0.250. The lowest BCUT2D eigenvalue weighted by atomic mass is 9.81. The molecule has 4 bridgehead atoms. The average Bonchev–Trinajstić information content (AvgIpc) is 3.50. The molecule has 0 aromatic rings. The molecule has 0 saturated carbocycles. The fraction of sp³-hybridized carbons (Fsp3) is 1.00. The molecule has 2 unspecified atom stereocenters. The molecule has 0 amide bonds. The Morgan fingerprint density at radius 2 is 1.53 bits per heavy atom. The van der Waals surface area contributed by atoms with Crippen molar-refractivity contribution in [1.29, 1.82) is 0 Å². The molecule has 0 spiro atoms. The minimum absolute atomic E-state index is 0.0231. The Bertz CT molecular complexity index is 753. The van der Waals surface area contributed by atoms with Crippen molar-refractivity contribution in [2.75, 3.05) is 61.0 Å². The zero-order valence-electron chi connectivity index (χ0n) is 22.9. The van der Waals surface area contributed by atoms with E-state index in [2.05, 4.69) is 6.92 Å².